The van der Waals surface area contributed by atoms with Gasteiger partial charge in [0.15, 0.2) is 0 Å². The first-order valence-corrected chi connectivity index (χ1v) is 8.75. The molecule has 0 aromatic carbocycles. The first kappa shape index (κ1) is 21.6. The largest absolute Gasteiger partial charge is 0.550 e. The molecule has 0 aliphatic heterocycles. The fourth-order valence-electron chi connectivity index (χ4n) is 3.47. The number of ketones is 1. The fraction of sp³-hybridized carbons (Fsp3) is 0.833. The molecule has 0 amide bonds. The summed E-state index contributed by atoms with van der Waals surface area (Å²) in [5.41, 5.74) is -1.38. The molecular weight excluding hydrogens is 296 g/mol. The molecule has 0 saturated carbocycles. The van der Waals surface area contributed by atoms with Crippen molar-refractivity contribution in [2.75, 3.05) is 0 Å². The standard InChI is InChI=1S/C18H32O5/c1-4-10-15(11-8-6-7-9-12-16(20)21)18(13-5-2,14(3)19)17(22)23/h15H,4-13H2,1-3H3,(H,20,21)(H,22,23)/p-2. The first-order valence-electron chi connectivity index (χ1n) is 8.75. The van der Waals surface area contributed by atoms with E-state index in [1.165, 1.54) is 6.92 Å². The Balaban J connectivity index is 4.79. The highest BCUT2D eigenvalue weighted by Crippen LogP contribution is 2.40. The van der Waals surface area contributed by atoms with E-state index in [2.05, 4.69) is 0 Å². The van der Waals surface area contributed by atoms with Gasteiger partial charge >= 0.3 is 0 Å². The van der Waals surface area contributed by atoms with Gasteiger partial charge < -0.3 is 19.8 Å². The van der Waals surface area contributed by atoms with Gasteiger partial charge in [-0.25, -0.2) is 0 Å². The van der Waals surface area contributed by atoms with Gasteiger partial charge in [0.25, 0.3) is 0 Å². The predicted molar refractivity (Wildman–Crippen MR) is 84.1 cm³/mol. The molecular formula is C18H30O5-2. The van der Waals surface area contributed by atoms with E-state index in [0.717, 1.165) is 25.7 Å². The minimum atomic E-state index is -1.38. The van der Waals surface area contributed by atoms with Crippen LogP contribution in [0.15, 0.2) is 0 Å². The Morgan fingerprint density at radius 2 is 1.52 bits per heavy atom. The van der Waals surface area contributed by atoms with Crippen molar-refractivity contribution in [2.45, 2.75) is 85.0 Å². The summed E-state index contributed by atoms with van der Waals surface area (Å²) >= 11 is 0. The molecule has 5 nitrogen and oxygen atoms in total. The second-order valence-electron chi connectivity index (χ2n) is 6.38. The van der Waals surface area contributed by atoms with Gasteiger partial charge in [0.2, 0.25) is 0 Å². The zero-order valence-corrected chi connectivity index (χ0v) is 14.7. The van der Waals surface area contributed by atoms with Crippen molar-refractivity contribution in [3.63, 3.8) is 0 Å². The monoisotopic (exact) mass is 326 g/mol. The molecule has 5 heteroatoms. The maximum absolute atomic E-state index is 12.1. The lowest BCUT2D eigenvalue weighted by molar-refractivity contribution is -0.320. The van der Waals surface area contributed by atoms with E-state index in [4.69, 9.17) is 0 Å². The Labute approximate surface area is 139 Å². The van der Waals surface area contributed by atoms with Gasteiger partial charge in [-0.15, -0.1) is 0 Å². The number of unbranched alkanes of at least 4 members (excludes halogenated alkanes) is 3. The molecule has 0 heterocycles. The molecule has 0 aliphatic carbocycles. The zero-order chi connectivity index (χ0) is 17.9. The van der Waals surface area contributed by atoms with Gasteiger partial charge in [-0.2, -0.15) is 0 Å². The van der Waals surface area contributed by atoms with Crippen LogP contribution in [-0.2, 0) is 14.4 Å². The minimum Gasteiger partial charge on any atom is -0.550 e. The SMILES string of the molecule is CCCC(CCCCCCC(=O)[O-])C(CCC)(C(C)=O)C(=O)[O-]. The third kappa shape index (κ3) is 6.71. The summed E-state index contributed by atoms with van der Waals surface area (Å²) in [6, 6.07) is 0. The van der Waals surface area contributed by atoms with E-state index in [9.17, 15) is 24.6 Å². The quantitative estimate of drug-likeness (QED) is 0.357. The third-order valence-electron chi connectivity index (χ3n) is 4.65. The lowest BCUT2D eigenvalue weighted by atomic mass is 9.66. The van der Waals surface area contributed by atoms with E-state index in [1.807, 2.05) is 13.8 Å². The molecule has 0 rings (SSSR count). The Kier molecular flexibility index (Phi) is 10.5. The summed E-state index contributed by atoms with van der Waals surface area (Å²) in [5.74, 6) is -2.81. The van der Waals surface area contributed by atoms with Crippen LogP contribution in [0.2, 0.25) is 0 Å². The normalized spacial score (nSPS) is 14.9. The van der Waals surface area contributed by atoms with Crippen molar-refractivity contribution in [1.29, 1.82) is 0 Å². The number of hydrogen-bond acceptors (Lipinski definition) is 5. The maximum atomic E-state index is 12.1. The fourth-order valence-corrected chi connectivity index (χ4v) is 3.47. The topological polar surface area (TPSA) is 97.3 Å². The van der Waals surface area contributed by atoms with Crippen molar-refractivity contribution in [1.82, 2.24) is 0 Å². The predicted octanol–water partition coefficient (Wildman–Crippen LogP) is 1.62. The molecule has 0 aliphatic rings. The molecule has 0 saturated heterocycles. The highest BCUT2D eigenvalue weighted by Gasteiger charge is 2.42. The molecule has 0 radical (unpaired) electrons. The maximum Gasteiger partial charge on any atom is 0.141 e. The second-order valence-corrected chi connectivity index (χ2v) is 6.38. The van der Waals surface area contributed by atoms with E-state index < -0.39 is 17.4 Å². The number of carboxylic acids is 2. The van der Waals surface area contributed by atoms with Crippen LogP contribution >= 0.6 is 0 Å². The number of aliphatic carboxylic acids is 2. The van der Waals surface area contributed by atoms with E-state index in [-0.39, 0.29) is 18.1 Å². The summed E-state index contributed by atoms with van der Waals surface area (Å²) in [6.45, 7) is 5.22. The zero-order valence-electron chi connectivity index (χ0n) is 14.7. The highest BCUT2D eigenvalue weighted by atomic mass is 16.4. The van der Waals surface area contributed by atoms with Crippen LogP contribution < -0.4 is 10.2 Å². The van der Waals surface area contributed by atoms with Crippen molar-refractivity contribution in [2.24, 2.45) is 11.3 Å². The number of carbonyl (C=O) groups is 3. The number of Topliss-reactive ketones (excluding diaryl/α,β-unsaturated/α-hetero) is 1. The molecule has 0 spiro atoms. The lowest BCUT2D eigenvalue weighted by Gasteiger charge is -2.40. The average molecular weight is 326 g/mol. The van der Waals surface area contributed by atoms with Gasteiger partial charge in [-0.1, -0.05) is 46.0 Å². The van der Waals surface area contributed by atoms with Gasteiger partial charge in [-0.05, 0) is 44.9 Å². The molecule has 134 valence electrons. The lowest BCUT2D eigenvalue weighted by Crippen LogP contribution is -2.52. The van der Waals surface area contributed by atoms with Crippen LogP contribution in [0.5, 0.6) is 0 Å². The van der Waals surface area contributed by atoms with E-state index in [0.29, 0.717) is 32.1 Å². The summed E-state index contributed by atoms with van der Waals surface area (Å²) in [5, 5.41) is 22.1. The Morgan fingerprint density at radius 3 is 1.96 bits per heavy atom. The molecule has 2 atom stereocenters. The van der Waals surface area contributed by atoms with Gasteiger partial charge in [-0.3, -0.25) is 4.79 Å². The van der Waals surface area contributed by atoms with Gasteiger partial charge in [0.1, 0.15) is 5.78 Å². The van der Waals surface area contributed by atoms with Crippen LogP contribution in [0.3, 0.4) is 0 Å². The van der Waals surface area contributed by atoms with Crippen molar-refractivity contribution >= 4 is 17.7 Å². The number of carboxylic acid groups (broad SMARTS) is 2. The third-order valence-corrected chi connectivity index (χ3v) is 4.65. The summed E-state index contributed by atoms with van der Waals surface area (Å²) in [4.78, 5) is 34.3. The minimum absolute atomic E-state index is 0.0602. The number of hydrogen-bond donors (Lipinski definition) is 0. The van der Waals surface area contributed by atoms with Crippen molar-refractivity contribution in [3.05, 3.63) is 0 Å². The average Bonchev–Trinajstić information content (AvgIpc) is 2.46. The smallest absolute Gasteiger partial charge is 0.141 e. The van der Waals surface area contributed by atoms with Crippen molar-refractivity contribution in [3.8, 4) is 0 Å². The molecule has 0 aromatic heterocycles. The Hall–Kier alpha value is -1.39. The summed E-state index contributed by atoms with van der Waals surface area (Å²) < 4.78 is 0. The van der Waals surface area contributed by atoms with E-state index in [1.54, 1.807) is 0 Å². The second kappa shape index (κ2) is 11.2. The highest BCUT2D eigenvalue weighted by molar-refractivity contribution is 6.01. The van der Waals surface area contributed by atoms with Crippen LogP contribution in [0, 0.1) is 11.3 Å². The number of carbonyl (C=O) groups excluding carboxylic acids is 3. The van der Waals surface area contributed by atoms with Crippen molar-refractivity contribution < 1.29 is 24.6 Å². The van der Waals surface area contributed by atoms with E-state index >= 15 is 0 Å². The first-order chi connectivity index (χ1) is 10.8. The van der Waals surface area contributed by atoms with Gasteiger partial charge in [0, 0.05) is 5.97 Å². The van der Waals surface area contributed by atoms with Gasteiger partial charge in [0.05, 0.1) is 11.4 Å². The molecule has 23 heavy (non-hydrogen) atoms. The van der Waals surface area contributed by atoms with Crippen LogP contribution in [-0.4, -0.2) is 17.7 Å². The van der Waals surface area contributed by atoms with Crippen LogP contribution in [0.4, 0.5) is 0 Å². The molecule has 0 bridgehead atoms. The number of rotatable bonds is 14. The van der Waals surface area contributed by atoms with Crippen LogP contribution in [0.1, 0.15) is 85.0 Å². The molecule has 0 fully saturated rings. The Morgan fingerprint density at radius 1 is 0.913 bits per heavy atom. The molecule has 0 aromatic rings. The summed E-state index contributed by atoms with van der Waals surface area (Å²) in [6.07, 6.45) is 6.15. The Bertz CT molecular complexity index is 375. The van der Waals surface area contributed by atoms with Crippen LogP contribution in [0.25, 0.3) is 0 Å². The molecule has 0 N–H and O–H groups in total. The summed E-state index contributed by atoms with van der Waals surface area (Å²) in [7, 11) is 0. The molecule has 2 unspecified atom stereocenters.